The first-order chi connectivity index (χ1) is 10.4. The summed E-state index contributed by atoms with van der Waals surface area (Å²) in [7, 11) is 0. The molecule has 0 atom stereocenters. The molecule has 106 valence electrons. The Kier molecular flexibility index (Phi) is 3.07. The normalized spacial score (nSPS) is 15.0. The lowest BCUT2D eigenvalue weighted by atomic mass is 10.2. The van der Waals surface area contributed by atoms with Gasteiger partial charge in [-0.15, -0.1) is 5.10 Å². The van der Waals surface area contributed by atoms with E-state index in [2.05, 4.69) is 45.5 Å². The molecule has 2 aromatic carbocycles. The molecule has 0 aliphatic carbocycles. The van der Waals surface area contributed by atoms with Crippen LogP contribution >= 0.6 is 0 Å². The molecule has 4 rings (SSSR count). The van der Waals surface area contributed by atoms with Crippen LogP contribution in [0, 0.1) is 0 Å². The summed E-state index contributed by atoms with van der Waals surface area (Å²) in [6.45, 7) is 3.14. The van der Waals surface area contributed by atoms with Crippen LogP contribution in [0.3, 0.4) is 0 Å². The molecule has 4 heteroatoms. The number of hydrogen-bond acceptors (Lipinski definition) is 3. The number of nitrogens with zero attached hydrogens (tertiary/aromatic N) is 4. The number of aromatic nitrogens is 3. The Morgan fingerprint density at radius 2 is 1.67 bits per heavy atom. The number of hydrogen-bond donors (Lipinski definition) is 0. The maximum absolute atomic E-state index is 4.25. The standard InChI is InChI=1S/C17H18N4/c1-2-6-17-16(5-1)18-19-21(17)13-14-7-9-15(10-8-14)20-11-3-4-12-20/h1-2,5-10H,3-4,11-13H2. The Morgan fingerprint density at radius 1 is 0.905 bits per heavy atom. The molecule has 0 amide bonds. The van der Waals surface area contributed by atoms with E-state index in [0.29, 0.717) is 0 Å². The highest BCUT2D eigenvalue weighted by molar-refractivity contribution is 5.73. The summed E-state index contributed by atoms with van der Waals surface area (Å²) >= 11 is 0. The van der Waals surface area contributed by atoms with Crippen LogP contribution in [0.1, 0.15) is 18.4 Å². The predicted molar refractivity (Wildman–Crippen MR) is 84.5 cm³/mol. The van der Waals surface area contributed by atoms with Crippen molar-refractivity contribution in [2.24, 2.45) is 0 Å². The van der Waals surface area contributed by atoms with Crippen molar-refractivity contribution in [3.63, 3.8) is 0 Å². The highest BCUT2D eigenvalue weighted by atomic mass is 15.4. The van der Waals surface area contributed by atoms with Crippen LogP contribution in [0.4, 0.5) is 5.69 Å². The first kappa shape index (κ1) is 12.4. The minimum Gasteiger partial charge on any atom is -0.372 e. The van der Waals surface area contributed by atoms with Gasteiger partial charge in [0.15, 0.2) is 0 Å². The van der Waals surface area contributed by atoms with Crippen molar-refractivity contribution in [3.05, 3.63) is 54.1 Å². The molecule has 1 fully saturated rings. The van der Waals surface area contributed by atoms with Gasteiger partial charge < -0.3 is 4.90 Å². The second kappa shape index (κ2) is 5.20. The summed E-state index contributed by atoms with van der Waals surface area (Å²) < 4.78 is 1.96. The van der Waals surface area contributed by atoms with Crippen LogP contribution in [0.25, 0.3) is 11.0 Å². The van der Waals surface area contributed by atoms with Gasteiger partial charge in [-0.25, -0.2) is 4.68 Å². The van der Waals surface area contributed by atoms with E-state index in [4.69, 9.17) is 0 Å². The number of benzene rings is 2. The van der Waals surface area contributed by atoms with E-state index in [9.17, 15) is 0 Å². The fraction of sp³-hybridized carbons (Fsp3) is 0.294. The van der Waals surface area contributed by atoms with Crippen molar-refractivity contribution < 1.29 is 0 Å². The summed E-state index contributed by atoms with van der Waals surface area (Å²) in [4.78, 5) is 2.45. The van der Waals surface area contributed by atoms with Crippen LogP contribution in [-0.4, -0.2) is 28.1 Å². The van der Waals surface area contributed by atoms with Crippen LogP contribution in [0.5, 0.6) is 0 Å². The molecule has 0 spiro atoms. The third-order valence-corrected chi connectivity index (χ3v) is 4.16. The number of para-hydroxylation sites is 1. The van der Waals surface area contributed by atoms with Gasteiger partial charge >= 0.3 is 0 Å². The number of anilines is 1. The average molecular weight is 278 g/mol. The predicted octanol–water partition coefficient (Wildman–Crippen LogP) is 3.08. The minimum atomic E-state index is 0.765. The zero-order chi connectivity index (χ0) is 14.1. The zero-order valence-electron chi connectivity index (χ0n) is 11.9. The third-order valence-electron chi connectivity index (χ3n) is 4.16. The minimum absolute atomic E-state index is 0.765. The second-order valence-corrected chi connectivity index (χ2v) is 5.60. The van der Waals surface area contributed by atoms with Crippen molar-refractivity contribution in [1.29, 1.82) is 0 Å². The molecule has 1 aliphatic rings. The lowest BCUT2D eigenvalue weighted by molar-refractivity contribution is 0.670. The summed E-state index contributed by atoms with van der Waals surface area (Å²) in [5.41, 5.74) is 4.63. The lowest BCUT2D eigenvalue weighted by Gasteiger charge is -2.17. The van der Waals surface area contributed by atoms with E-state index in [-0.39, 0.29) is 0 Å². The molecule has 0 unspecified atom stereocenters. The molecule has 1 aromatic heterocycles. The van der Waals surface area contributed by atoms with Crippen molar-refractivity contribution in [1.82, 2.24) is 15.0 Å². The molecule has 0 saturated carbocycles. The van der Waals surface area contributed by atoms with Crippen molar-refractivity contribution >= 4 is 16.7 Å². The van der Waals surface area contributed by atoms with Crippen LogP contribution in [0.15, 0.2) is 48.5 Å². The van der Waals surface area contributed by atoms with Gasteiger partial charge in [-0.3, -0.25) is 0 Å². The van der Waals surface area contributed by atoms with E-state index >= 15 is 0 Å². The number of fused-ring (bicyclic) bond motifs is 1. The van der Waals surface area contributed by atoms with Gasteiger partial charge in [0.1, 0.15) is 5.52 Å². The molecular weight excluding hydrogens is 260 g/mol. The maximum atomic E-state index is 4.25. The van der Waals surface area contributed by atoms with Crippen molar-refractivity contribution in [3.8, 4) is 0 Å². The SMILES string of the molecule is c1ccc2c(c1)nnn2Cc1ccc(N2CCCC2)cc1. The summed E-state index contributed by atoms with van der Waals surface area (Å²) in [6.07, 6.45) is 2.62. The Morgan fingerprint density at radius 3 is 2.48 bits per heavy atom. The molecule has 1 saturated heterocycles. The van der Waals surface area contributed by atoms with Gasteiger partial charge in [-0.2, -0.15) is 0 Å². The van der Waals surface area contributed by atoms with Crippen molar-refractivity contribution in [2.45, 2.75) is 19.4 Å². The molecular formula is C17H18N4. The summed E-state index contributed by atoms with van der Waals surface area (Å²) in [5, 5.41) is 8.45. The summed E-state index contributed by atoms with van der Waals surface area (Å²) in [6, 6.07) is 16.9. The fourth-order valence-corrected chi connectivity index (χ4v) is 2.99. The van der Waals surface area contributed by atoms with Gasteiger partial charge in [0.25, 0.3) is 0 Å². The van der Waals surface area contributed by atoms with Crippen LogP contribution < -0.4 is 4.90 Å². The first-order valence-corrected chi connectivity index (χ1v) is 7.52. The summed E-state index contributed by atoms with van der Waals surface area (Å²) in [5.74, 6) is 0. The van der Waals surface area contributed by atoms with E-state index in [1.165, 1.54) is 37.2 Å². The maximum Gasteiger partial charge on any atom is 0.113 e. The Hall–Kier alpha value is -2.36. The average Bonchev–Trinajstić information content (AvgIpc) is 3.19. The van der Waals surface area contributed by atoms with Gasteiger partial charge in [0.2, 0.25) is 0 Å². The van der Waals surface area contributed by atoms with E-state index in [1.807, 2.05) is 22.9 Å². The molecule has 4 nitrogen and oxygen atoms in total. The fourth-order valence-electron chi connectivity index (χ4n) is 2.99. The molecule has 21 heavy (non-hydrogen) atoms. The Balaban J connectivity index is 1.56. The van der Waals surface area contributed by atoms with Gasteiger partial charge in [0.05, 0.1) is 12.1 Å². The largest absolute Gasteiger partial charge is 0.372 e. The number of rotatable bonds is 3. The van der Waals surface area contributed by atoms with Gasteiger partial charge in [0, 0.05) is 18.8 Å². The van der Waals surface area contributed by atoms with Gasteiger partial charge in [-0.05, 0) is 42.7 Å². The molecule has 2 heterocycles. The van der Waals surface area contributed by atoms with Crippen molar-refractivity contribution in [2.75, 3.05) is 18.0 Å². The lowest BCUT2D eigenvalue weighted by Crippen LogP contribution is -2.17. The van der Waals surface area contributed by atoms with Gasteiger partial charge in [-0.1, -0.05) is 29.5 Å². The first-order valence-electron chi connectivity index (χ1n) is 7.52. The van der Waals surface area contributed by atoms with E-state index in [1.54, 1.807) is 0 Å². The smallest absolute Gasteiger partial charge is 0.113 e. The highest BCUT2D eigenvalue weighted by Crippen LogP contribution is 2.21. The van der Waals surface area contributed by atoms with Crippen LogP contribution in [-0.2, 0) is 6.54 Å². The Bertz CT molecular complexity index is 739. The molecule has 0 N–H and O–H groups in total. The quantitative estimate of drug-likeness (QED) is 0.738. The second-order valence-electron chi connectivity index (χ2n) is 5.60. The molecule has 0 bridgehead atoms. The van der Waals surface area contributed by atoms with Crippen LogP contribution in [0.2, 0.25) is 0 Å². The molecule has 0 radical (unpaired) electrons. The molecule has 1 aliphatic heterocycles. The molecule has 3 aromatic rings. The Labute approximate surface area is 124 Å². The zero-order valence-corrected chi connectivity index (χ0v) is 11.9. The van der Waals surface area contributed by atoms with E-state index < -0.39 is 0 Å². The topological polar surface area (TPSA) is 34.0 Å². The third kappa shape index (κ3) is 2.37. The monoisotopic (exact) mass is 278 g/mol. The highest BCUT2D eigenvalue weighted by Gasteiger charge is 2.12. The van der Waals surface area contributed by atoms with E-state index in [0.717, 1.165) is 17.6 Å².